The standard InChI is InChI=1S/C21H28N4O2/c1-2-27-19-10-8-18(9-11-19)24-21(26)23-16-17-7-12-20(22-15-17)25-13-5-3-4-6-14-25/h7-12,15H,2-6,13-14,16H2,1H3,(H2,23,24,26). The SMILES string of the molecule is CCOc1ccc(NC(=O)NCc2ccc(N3CCCCCC3)nc2)cc1. The first-order valence-corrected chi connectivity index (χ1v) is 9.72. The van der Waals surface area contributed by atoms with E-state index in [0.717, 1.165) is 35.9 Å². The van der Waals surface area contributed by atoms with E-state index in [1.807, 2.05) is 49.5 Å². The van der Waals surface area contributed by atoms with Gasteiger partial charge < -0.3 is 20.3 Å². The van der Waals surface area contributed by atoms with Crippen LogP contribution in [0.25, 0.3) is 0 Å². The lowest BCUT2D eigenvalue weighted by molar-refractivity contribution is 0.251. The highest BCUT2D eigenvalue weighted by molar-refractivity contribution is 5.89. The first-order valence-electron chi connectivity index (χ1n) is 9.72. The number of carbonyl (C=O) groups is 1. The van der Waals surface area contributed by atoms with E-state index in [4.69, 9.17) is 4.74 Å². The first-order chi connectivity index (χ1) is 13.2. The van der Waals surface area contributed by atoms with Crippen molar-refractivity contribution in [2.24, 2.45) is 0 Å². The monoisotopic (exact) mass is 368 g/mol. The maximum Gasteiger partial charge on any atom is 0.319 e. The normalized spacial score (nSPS) is 14.3. The zero-order valence-corrected chi connectivity index (χ0v) is 15.9. The molecule has 0 aliphatic carbocycles. The zero-order valence-electron chi connectivity index (χ0n) is 15.9. The summed E-state index contributed by atoms with van der Waals surface area (Å²) < 4.78 is 5.39. The smallest absolute Gasteiger partial charge is 0.319 e. The number of hydrogen-bond donors (Lipinski definition) is 2. The molecule has 0 spiro atoms. The predicted molar refractivity (Wildman–Crippen MR) is 108 cm³/mol. The number of carbonyl (C=O) groups excluding carboxylic acids is 1. The average molecular weight is 368 g/mol. The molecule has 0 saturated carbocycles. The van der Waals surface area contributed by atoms with Crippen molar-refractivity contribution in [2.75, 3.05) is 29.9 Å². The Morgan fingerprint density at radius 1 is 1.07 bits per heavy atom. The van der Waals surface area contributed by atoms with Crippen LogP contribution in [-0.4, -0.2) is 30.7 Å². The molecule has 0 unspecified atom stereocenters. The number of urea groups is 1. The Kier molecular flexibility index (Phi) is 6.90. The number of nitrogens with zero attached hydrogens (tertiary/aromatic N) is 2. The Hall–Kier alpha value is -2.76. The third-order valence-electron chi connectivity index (χ3n) is 4.62. The highest BCUT2D eigenvalue weighted by Gasteiger charge is 2.11. The minimum Gasteiger partial charge on any atom is -0.494 e. The summed E-state index contributed by atoms with van der Waals surface area (Å²) in [5, 5.41) is 5.68. The van der Waals surface area contributed by atoms with Crippen molar-refractivity contribution < 1.29 is 9.53 Å². The van der Waals surface area contributed by atoms with Crippen LogP contribution < -0.4 is 20.3 Å². The molecule has 2 amide bonds. The van der Waals surface area contributed by atoms with Gasteiger partial charge in [0.1, 0.15) is 11.6 Å². The van der Waals surface area contributed by atoms with E-state index in [1.54, 1.807) is 0 Å². The lowest BCUT2D eigenvalue weighted by Gasteiger charge is -2.21. The lowest BCUT2D eigenvalue weighted by Crippen LogP contribution is -2.28. The Morgan fingerprint density at radius 2 is 1.81 bits per heavy atom. The van der Waals surface area contributed by atoms with E-state index >= 15 is 0 Å². The molecule has 1 aromatic heterocycles. The molecule has 144 valence electrons. The number of anilines is 2. The third-order valence-corrected chi connectivity index (χ3v) is 4.62. The van der Waals surface area contributed by atoms with Crippen LogP contribution in [0.5, 0.6) is 5.75 Å². The quantitative estimate of drug-likeness (QED) is 0.803. The van der Waals surface area contributed by atoms with Gasteiger partial charge in [-0.1, -0.05) is 18.9 Å². The number of hydrogen-bond acceptors (Lipinski definition) is 4. The van der Waals surface area contributed by atoms with Crippen LogP contribution in [0.2, 0.25) is 0 Å². The van der Waals surface area contributed by atoms with Crippen LogP contribution in [0.3, 0.4) is 0 Å². The highest BCUT2D eigenvalue weighted by Crippen LogP contribution is 2.18. The van der Waals surface area contributed by atoms with E-state index in [2.05, 4.69) is 20.5 Å². The van der Waals surface area contributed by atoms with Gasteiger partial charge in [0.25, 0.3) is 0 Å². The van der Waals surface area contributed by atoms with Gasteiger partial charge in [-0.15, -0.1) is 0 Å². The fourth-order valence-electron chi connectivity index (χ4n) is 3.17. The van der Waals surface area contributed by atoms with Crippen molar-refractivity contribution in [1.82, 2.24) is 10.3 Å². The first kappa shape index (κ1) is 19.0. The van der Waals surface area contributed by atoms with Crippen molar-refractivity contribution in [2.45, 2.75) is 39.2 Å². The molecule has 0 atom stereocenters. The summed E-state index contributed by atoms with van der Waals surface area (Å²) >= 11 is 0. The number of benzene rings is 1. The van der Waals surface area contributed by atoms with Gasteiger partial charge in [-0.2, -0.15) is 0 Å². The average Bonchev–Trinajstić information content (AvgIpc) is 2.98. The second kappa shape index (κ2) is 9.80. The summed E-state index contributed by atoms with van der Waals surface area (Å²) in [5.41, 5.74) is 1.71. The van der Waals surface area contributed by atoms with Crippen LogP contribution in [0.4, 0.5) is 16.3 Å². The molecule has 2 N–H and O–H groups in total. The molecule has 27 heavy (non-hydrogen) atoms. The minimum absolute atomic E-state index is 0.240. The van der Waals surface area contributed by atoms with Gasteiger partial charge in [-0.05, 0) is 55.7 Å². The fourth-order valence-corrected chi connectivity index (χ4v) is 3.17. The number of pyridine rings is 1. The van der Waals surface area contributed by atoms with E-state index in [9.17, 15) is 4.79 Å². The maximum absolute atomic E-state index is 12.1. The van der Waals surface area contributed by atoms with Crippen molar-refractivity contribution in [3.05, 3.63) is 48.2 Å². The van der Waals surface area contributed by atoms with Crippen LogP contribution in [0, 0.1) is 0 Å². The maximum atomic E-state index is 12.1. The second-order valence-electron chi connectivity index (χ2n) is 6.69. The van der Waals surface area contributed by atoms with Crippen molar-refractivity contribution >= 4 is 17.5 Å². The molecule has 6 nitrogen and oxygen atoms in total. The molecule has 3 rings (SSSR count). The Labute approximate surface area is 160 Å². The van der Waals surface area contributed by atoms with E-state index in [-0.39, 0.29) is 6.03 Å². The van der Waals surface area contributed by atoms with Gasteiger partial charge >= 0.3 is 6.03 Å². The summed E-state index contributed by atoms with van der Waals surface area (Å²) in [6.45, 7) is 5.16. The zero-order chi connectivity index (χ0) is 18.9. The molecule has 0 bridgehead atoms. The highest BCUT2D eigenvalue weighted by atomic mass is 16.5. The fraction of sp³-hybridized carbons (Fsp3) is 0.429. The Bertz CT molecular complexity index is 708. The van der Waals surface area contributed by atoms with Gasteiger partial charge in [0.15, 0.2) is 0 Å². The number of nitrogens with one attached hydrogen (secondary N) is 2. The molecule has 2 aromatic rings. The molecule has 1 saturated heterocycles. The summed E-state index contributed by atoms with van der Waals surface area (Å²) in [6.07, 6.45) is 6.93. The molecule has 1 aliphatic rings. The van der Waals surface area contributed by atoms with E-state index in [1.165, 1.54) is 25.7 Å². The lowest BCUT2D eigenvalue weighted by atomic mass is 10.2. The topological polar surface area (TPSA) is 66.5 Å². The molecule has 1 aromatic carbocycles. The number of aromatic nitrogens is 1. The van der Waals surface area contributed by atoms with Gasteiger partial charge in [0.05, 0.1) is 6.61 Å². The number of amides is 2. The van der Waals surface area contributed by atoms with Crippen molar-refractivity contribution in [1.29, 1.82) is 0 Å². The summed E-state index contributed by atoms with van der Waals surface area (Å²) in [5.74, 6) is 1.82. The molecule has 6 heteroatoms. The van der Waals surface area contributed by atoms with Gasteiger partial charge in [-0.3, -0.25) is 0 Å². The summed E-state index contributed by atoms with van der Waals surface area (Å²) in [4.78, 5) is 19.0. The summed E-state index contributed by atoms with van der Waals surface area (Å²) in [6, 6.07) is 11.2. The molecule has 2 heterocycles. The van der Waals surface area contributed by atoms with E-state index < -0.39 is 0 Å². The molecular formula is C21H28N4O2. The predicted octanol–water partition coefficient (Wildman–Crippen LogP) is 4.18. The van der Waals surface area contributed by atoms with Gasteiger partial charge in [-0.25, -0.2) is 9.78 Å². The molecule has 1 fully saturated rings. The van der Waals surface area contributed by atoms with Crippen LogP contribution in [0.1, 0.15) is 38.2 Å². The largest absolute Gasteiger partial charge is 0.494 e. The number of ether oxygens (including phenoxy) is 1. The van der Waals surface area contributed by atoms with E-state index in [0.29, 0.717) is 13.2 Å². The van der Waals surface area contributed by atoms with Crippen LogP contribution >= 0.6 is 0 Å². The minimum atomic E-state index is -0.240. The van der Waals surface area contributed by atoms with Crippen LogP contribution in [-0.2, 0) is 6.54 Å². The van der Waals surface area contributed by atoms with Crippen LogP contribution in [0.15, 0.2) is 42.6 Å². The second-order valence-corrected chi connectivity index (χ2v) is 6.69. The van der Waals surface area contributed by atoms with Crippen molar-refractivity contribution in [3.63, 3.8) is 0 Å². The third kappa shape index (κ3) is 5.88. The summed E-state index contributed by atoms with van der Waals surface area (Å²) in [7, 11) is 0. The molecule has 1 aliphatic heterocycles. The number of rotatable bonds is 6. The Morgan fingerprint density at radius 3 is 2.44 bits per heavy atom. The van der Waals surface area contributed by atoms with Crippen molar-refractivity contribution in [3.8, 4) is 5.75 Å². The van der Waals surface area contributed by atoms with Gasteiger partial charge in [0.2, 0.25) is 0 Å². The molecular weight excluding hydrogens is 340 g/mol. The van der Waals surface area contributed by atoms with Gasteiger partial charge in [0, 0.05) is 31.5 Å². The molecule has 0 radical (unpaired) electrons. The Balaban J connectivity index is 1.46.